The van der Waals surface area contributed by atoms with Crippen molar-refractivity contribution in [1.82, 2.24) is 5.32 Å². The van der Waals surface area contributed by atoms with Crippen molar-refractivity contribution in [2.75, 3.05) is 0 Å². The molecule has 0 aromatic rings. The molecule has 0 aliphatic carbocycles. The second-order valence-electron chi connectivity index (χ2n) is 2.52. The van der Waals surface area contributed by atoms with E-state index in [4.69, 9.17) is 0 Å². The van der Waals surface area contributed by atoms with Crippen LogP contribution in [-0.2, 0) is 0 Å². The maximum atomic E-state index is 4.20. The quantitative estimate of drug-likeness (QED) is 0.505. The predicted molar refractivity (Wildman–Crippen MR) is 38.2 cm³/mol. The van der Waals surface area contributed by atoms with Crippen molar-refractivity contribution in [2.24, 2.45) is 10.9 Å². The van der Waals surface area contributed by atoms with Crippen LogP contribution in [0, 0.1) is 5.92 Å². The second-order valence-corrected chi connectivity index (χ2v) is 2.52. The van der Waals surface area contributed by atoms with Gasteiger partial charge in [0.1, 0.15) is 5.84 Å². The van der Waals surface area contributed by atoms with Gasteiger partial charge in [0.25, 0.3) is 0 Å². The molecule has 0 bridgehead atoms. The van der Waals surface area contributed by atoms with Crippen LogP contribution in [0.1, 0.15) is 20.8 Å². The molecule has 1 aliphatic heterocycles. The summed E-state index contributed by atoms with van der Waals surface area (Å²) in [4.78, 5) is 4.20. The first-order chi connectivity index (χ1) is 4.20. The standard InChI is InChI=1S/C7H11N2/c1-5(2)7-8-4-6(3)9-7/h4-5H,1-3H3. The van der Waals surface area contributed by atoms with Gasteiger partial charge in [-0.25, -0.2) is 10.3 Å². The summed E-state index contributed by atoms with van der Waals surface area (Å²) in [6.07, 6.45) is 1.80. The monoisotopic (exact) mass is 123 g/mol. The van der Waals surface area contributed by atoms with Gasteiger partial charge in [0, 0.05) is 5.92 Å². The first-order valence-corrected chi connectivity index (χ1v) is 3.16. The van der Waals surface area contributed by atoms with E-state index >= 15 is 0 Å². The number of allylic oxidation sites excluding steroid dienone is 1. The molecule has 1 aliphatic rings. The lowest BCUT2D eigenvalue weighted by molar-refractivity contribution is 0.853. The van der Waals surface area contributed by atoms with Crippen LogP contribution in [0.25, 0.3) is 0 Å². The van der Waals surface area contributed by atoms with Gasteiger partial charge in [-0.15, -0.1) is 0 Å². The van der Waals surface area contributed by atoms with E-state index in [1.54, 1.807) is 6.20 Å². The average molecular weight is 123 g/mol. The van der Waals surface area contributed by atoms with E-state index in [2.05, 4.69) is 24.2 Å². The molecule has 0 spiro atoms. The van der Waals surface area contributed by atoms with Crippen LogP contribution in [0.2, 0.25) is 0 Å². The zero-order valence-electron chi connectivity index (χ0n) is 6.05. The highest BCUT2D eigenvalue weighted by atomic mass is 15.0. The highest BCUT2D eigenvalue weighted by Crippen LogP contribution is 2.07. The Balaban J connectivity index is 2.60. The van der Waals surface area contributed by atoms with Crippen LogP contribution in [0.15, 0.2) is 16.9 Å². The van der Waals surface area contributed by atoms with Crippen LogP contribution >= 0.6 is 0 Å². The molecule has 1 heterocycles. The third kappa shape index (κ3) is 1.31. The maximum Gasteiger partial charge on any atom is 0.131 e. The lowest BCUT2D eigenvalue weighted by Crippen LogP contribution is -2.13. The Morgan fingerprint density at radius 1 is 1.44 bits per heavy atom. The molecule has 0 aromatic heterocycles. The second kappa shape index (κ2) is 2.21. The number of aliphatic imine (C=N–C) groups is 1. The molecule has 0 aromatic carbocycles. The lowest BCUT2D eigenvalue weighted by Gasteiger charge is -1.99. The van der Waals surface area contributed by atoms with Crippen molar-refractivity contribution in [3.8, 4) is 0 Å². The van der Waals surface area contributed by atoms with Crippen LogP contribution in [0.4, 0.5) is 0 Å². The molecule has 49 valence electrons. The fourth-order valence-corrected chi connectivity index (χ4v) is 0.676. The Labute approximate surface area is 55.7 Å². The number of hydrogen-bond donors (Lipinski definition) is 0. The third-order valence-electron chi connectivity index (χ3n) is 1.19. The van der Waals surface area contributed by atoms with Crippen molar-refractivity contribution in [3.63, 3.8) is 0 Å². The van der Waals surface area contributed by atoms with Gasteiger partial charge < -0.3 is 0 Å². The largest absolute Gasteiger partial charge is 0.239 e. The van der Waals surface area contributed by atoms with Crippen LogP contribution in [-0.4, -0.2) is 5.84 Å². The minimum absolute atomic E-state index is 0.457. The fraction of sp³-hybridized carbons (Fsp3) is 0.571. The van der Waals surface area contributed by atoms with E-state index in [1.165, 1.54) is 0 Å². The predicted octanol–water partition coefficient (Wildman–Crippen LogP) is 1.52. The van der Waals surface area contributed by atoms with E-state index < -0.39 is 0 Å². The average Bonchev–Trinajstić information content (AvgIpc) is 2.14. The Morgan fingerprint density at radius 3 is 2.33 bits per heavy atom. The molecule has 0 N–H and O–H groups in total. The lowest BCUT2D eigenvalue weighted by atomic mass is 10.2. The summed E-state index contributed by atoms with van der Waals surface area (Å²) in [5.74, 6) is 1.41. The summed E-state index contributed by atoms with van der Waals surface area (Å²) in [6.45, 7) is 6.14. The zero-order valence-corrected chi connectivity index (χ0v) is 6.05. The topological polar surface area (TPSA) is 26.5 Å². The molecule has 0 unspecified atom stereocenters. The van der Waals surface area contributed by atoms with E-state index in [1.807, 2.05) is 6.92 Å². The molecule has 0 atom stereocenters. The normalized spacial score (nSPS) is 17.3. The minimum atomic E-state index is 0.457. The van der Waals surface area contributed by atoms with Crippen molar-refractivity contribution in [1.29, 1.82) is 0 Å². The van der Waals surface area contributed by atoms with E-state index in [0.29, 0.717) is 5.92 Å². The van der Waals surface area contributed by atoms with Gasteiger partial charge in [0.05, 0.1) is 11.9 Å². The first kappa shape index (κ1) is 6.33. The molecule has 0 fully saturated rings. The maximum absolute atomic E-state index is 4.20. The summed E-state index contributed by atoms with van der Waals surface area (Å²) in [6, 6.07) is 0. The molecular weight excluding hydrogens is 112 g/mol. The molecule has 2 heteroatoms. The highest BCUT2D eigenvalue weighted by Gasteiger charge is 2.09. The van der Waals surface area contributed by atoms with Gasteiger partial charge in [-0.05, 0) is 6.92 Å². The SMILES string of the molecule is CC1=C[N]C(C(C)C)=N1. The first-order valence-electron chi connectivity index (χ1n) is 3.16. The molecular formula is C7H11N2. The smallest absolute Gasteiger partial charge is 0.131 e. The van der Waals surface area contributed by atoms with Crippen LogP contribution < -0.4 is 5.32 Å². The number of amidine groups is 1. The molecule has 0 amide bonds. The molecule has 0 saturated carbocycles. The number of hydrogen-bond acceptors (Lipinski definition) is 1. The summed E-state index contributed by atoms with van der Waals surface area (Å²) < 4.78 is 0. The van der Waals surface area contributed by atoms with Gasteiger partial charge in [-0.2, -0.15) is 0 Å². The zero-order chi connectivity index (χ0) is 6.85. The fourth-order valence-electron chi connectivity index (χ4n) is 0.676. The minimum Gasteiger partial charge on any atom is -0.239 e. The molecule has 9 heavy (non-hydrogen) atoms. The number of nitrogens with zero attached hydrogens (tertiary/aromatic N) is 2. The summed E-state index contributed by atoms with van der Waals surface area (Å²) >= 11 is 0. The molecule has 2 nitrogen and oxygen atoms in total. The molecule has 1 rings (SSSR count). The van der Waals surface area contributed by atoms with Gasteiger partial charge >= 0.3 is 0 Å². The van der Waals surface area contributed by atoms with Crippen LogP contribution in [0.5, 0.6) is 0 Å². The van der Waals surface area contributed by atoms with Gasteiger partial charge in [0.2, 0.25) is 0 Å². The molecule has 0 saturated heterocycles. The van der Waals surface area contributed by atoms with E-state index in [0.717, 1.165) is 11.5 Å². The summed E-state index contributed by atoms with van der Waals surface area (Å²) in [5, 5.41) is 4.10. The Kier molecular flexibility index (Phi) is 1.56. The third-order valence-corrected chi connectivity index (χ3v) is 1.19. The Morgan fingerprint density at radius 2 is 2.11 bits per heavy atom. The van der Waals surface area contributed by atoms with Crippen molar-refractivity contribution < 1.29 is 0 Å². The van der Waals surface area contributed by atoms with Crippen molar-refractivity contribution >= 4 is 5.84 Å². The Bertz CT molecular complexity index is 166. The molecule has 1 radical (unpaired) electrons. The van der Waals surface area contributed by atoms with Crippen LogP contribution in [0.3, 0.4) is 0 Å². The van der Waals surface area contributed by atoms with Gasteiger partial charge in [-0.1, -0.05) is 13.8 Å². The Hall–Kier alpha value is -0.790. The van der Waals surface area contributed by atoms with E-state index in [9.17, 15) is 0 Å². The highest BCUT2D eigenvalue weighted by molar-refractivity contribution is 5.87. The van der Waals surface area contributed by atoms with Gasteiger partial charge in [0.15, 0.2) is 0 Å². The van der Waals surface area contributed by atoms with E-state index in [-0.39, 0.29) is 0 Å². The van der Waals surface area contributed by atoms with Crippen molar-refractivity contribution in [3.05, 3.63) is 11.9 Å². The summed E-state index contributed by atoms with van der Waals surface area (Å²) in [7, 11) is 0. The summed E-state index contributed by atoms with van der Waals surface area (Å²) in [5.41, 5.74) is 1.01. The van der Waals surface area contributed by atoms with Crippen molar-refractivity contribution in [2.45, 2.75) is 20.8 Å². The van der Waals surface area contributed by atoms with Gasteiger partial charge in [-0.3, -0.25) is 0 Å². The number of rotatable bonds is 1.